The summed E-state index contributed by atoms with van der Waals surface area (Å²) in [6.07, 6.45) is 3.38. The van der Waals surface area contributed by atoms with Crippen molar-refractivity contribution in [2.24, 2.45) is 5.73 Å². The van der Waals surface area contributed by atoms with Crippen molar-refractivity contribution >= 4 is 40.4 Å². The van der Waals surface area contributed by atoms with Crippen molar-refractivity contribution in [3.05, 3.63) is 41.3 Å². The molecule has 1 aromatic heterocycles. The molecule has 2 aliphatic rings. The second-order valence-electron chi connectivity index (χ2n) is 6.54. The third-order valence-corrected chi connectivity index (χ3v) is 5.60. The Labute approximate surface area is 168 Å². The average molecular weight is 407 g/mol. The fraction of sp³-hybridized carbons (Fsp3) is 0.368. The number of anilines is 1. The smallest absolute Gasteiger partial charge is 0.239 e. The number of hydrogen-bond acceptors (Lipinski definition) is 6. The Morgan fingerprint density at radius 3 is 2.85 bits per heavy atom. The largest absolute Gasteiger partial charge is 0.378 e. The molecule has 3 heterocycles. The van der Waals surface area contributed by atoms with Crippen LogP contribution in [0.4, 0.5) is 5.13 Å². The van der Waals surface area contributed by atoms with Crippen LogP contribution in [0.25, 0.3) is 16.8 Å². The van der Waals surface area contributed by atoms with Crippen LogP contribution in [0.2, 0.25) is 0 Å². The number of rotatable bonds is 5. The molecule has 0 unspecified atom stereocenters. The van der Waals surface area contributed by atoms with E-state index in [9.17, 15) is 4.79 Å². The maximum atomic E-state index is 11.4. The van der Waals surface area contributed by atoms with Gasteiger partial charge in [0.05, 0.1) is 31.5 Å². The third-order valence-electron chi connectivity index (χ3n) is 4.84. The van der Waals surface area contributed by atoms with Gasteiger partial charge in [-0.3, -0.25) is 9.69 Å². The summed E-state index contributed by atoms with van der Waals surface area (Å²) in [6, 6.07) is 9.04. The number of thiazole rings is 1. The zero-order chi connectivity index (χ0) is 17.9. The zero-order valence-corrected chi connectivity index (χ0v) is 16.5. The van der Waals surface area contributed by atoms with Gasteiger partial charge >= 0.3 is 0 Å². The van der Waals surface area contributed by atoms with Gasteiger partial charge in [-0.05, 0) is 23.6 Å². The number of benzene rings is 1. The van der Waals surface area contributed by atoms with E-state index in [1.54, 1.807) is 0 Å². The number of amides is 1. The summed E-state index contributed by atoms with van der Waals surface area (Å²) in [5, 5.41) is 5.24. The van der Waals surface area contributed by atoms with Gasteiger partial charge < -0.3 is 15.8 Å². The van der Waals surface area contributed by atoms with Crippen molar-refractivity contribution in [2.45, 2.75) is 12.5 Å². The SMILES string of the molecule is Cl.NCC(=O)Nc1nc(-c2cccc(C3=CCN(C4COC4)CC3)c2)cs1. The van der Waals surface area contributed by atoms with Gasteiger partial charge in [-0.2, -0.15) is 0 Å². The van der Waals surface area contributed by atoms with Gasteiger partial charge in [0.25, 0.3) is 0 Å². The van der Waals surface area contributed by atoms with Crippen molar-refractivity contribution in [2.75, 3.05) is 38.2 Å². The molecule has 3 N–H and O–H groups in total. The summed E-state index contributed by atoms with van der Waals surface area (Å²) in [6.45, 7) is 3.76. The first kappa shape index (κ1) is 20.0. The minimum Gasteiger partial charge on any atom is -0.378 e. The molecule has 1 aromatic carbocycles. The number of carbonyl (C=O) groups is 1. The minimum absolute atomic E-state index is 0. The maximum absolute atomic E-state index is 11.4. The van der Waals surface area contributed by atoms with Crippen molar-refractivity contribution in [1.29, 1.82) is 0 Å². The van der Waals surface area contributed by atoms with Crippen LogP contribution in [0.1, 0.15) is 12.0 Å². The van der Waals surface area contributed by atoms with Crippen LogP contribution < -0.4 is 11.1 Å². The van der Waals surface area contributed by atoms with Gasteiger partial charge in [-0.15, -0.1) is 23.7 Å². The van der Waals surface area contributed by atoms with Crippen LogP contribution in [-0.2, 0) is 9.53 Å². The Morgan fingerprint density at radius 1 is 1.37 bits per heavy atom. The van der Waals surface area contributed by atoms with Gasteiger partial charge in [-0.25, -0.2) is 4.98 Å². The molecule has 144 valence electrons. The normalized spacial score (nSPS) is 17.6. The molecule has 0 radical (unpaired) electrons. The molecule has 1 fully saturated rings. The molecule has 2 aromatic rings. The first-order valence-electron chi connectivity index (χ1n) is 8.80. The van der Waals surface area contributed by atoms with Crippen LogP contribution in [0, 0.1) is 0 Å². The Bertz CT molecular complexity index is 835. The van der Waals surface area contributed by atoms with Gasteiger partial charge in [-0.1, -0.05) is 24.3 Å². The zero-order valence-electron chi connectivity index (χ0n) is 14.9. The lowest BCUT2D eigenvalue weighted by Crippen LogP contribution is -2.50. The molecule has 0 atom stereocenters. The van der Waals surface area contributed by atoms with E-state index in [0.29, 0.717) is 11.2 Å². The van der Waals surface area contributed by atoms with Gasteiger partial charge in [0.15, 0.2) is 5.13 Å². The van der Waals surface area contributed by atoms with Crippen LogP contribution in [0.5, 0.6) is 0 Å². The van der Waals surface area contributed by atoms with Crippen molar-refractivity contribution in [3.63, 3.8) is 0 Å². The Morgan fingerprint density at radius 2 is 2.19 bits per heavy atom. The summed E-state index contributed by atoms with van der Waals surface area (Å²) in [5.41, 5.74) is 9.88. The van der Waals surface area contributed by atoms with E-state index in [4.69, 9.17) is 10.5 Å². The predicted molar refractivity (Wildman–Crippen MR) is 111 cm³/mol. The lowest BCUT2D eigenvalue weighted by atomic mass is 9.96. The van der Waals surface area contributed by atoms with E-state index in [1.165, 1.54) is 22.5 Å². The molecule has 8 heteroatoms. The van der Waals surface area contributed by atoms with Crippen LogP contribution in [0.15, 0.2) is 35.7 Å². The molecule has 0 spiro atoms. The monoisotopic (exact) mass is 406 g/mol. The standard InChI is InChI=1S/C19H22N4O2S.ClH/c20-9-18(24)22-19-21-17(12-26-19)15-3-1-2-14(8-15)13-4-6-23(7-5-13)16-10-25-11-16;/h1-4,8,12,16H,5-7,9-11,20H2,(H,21,22,24);1H. The van der Waals surface area contributed by atoms with E-state index < -0.39 is 0 Å². The third kappa shape index (κ3) is 4.56. The summed E-state index contributed by atoms with van der Waals surface area (Å²) in [5.74, 6) is -0.228. The van der Waals surface area contributed by atoms with Gasteiger partial charge in [0.2, 0.25) is 5.91 Å². The summed E-state index contributed by atoms with van der Waals surface area (Å²) in [4.78, 5) is 18.4. The Kier molecular flexibility index (Phi) is 6.62. The number of aromatic nitrogens is 1. The van der Waals surface area contributed by atoms with Crippen molar-refractivity contribution in [1.82, 2.24) is 9.88 Å². The van der Waals surface area contributed by atoms with Crippen LogP contribution in [0.3, 0.4) is 0 Å². The first-order chi connectivity index (χ1) is 12.7. The number of carbonyl (C=O) groups excluding carboxylic acids is 1. The number of halogens is 1. The first-order valence-corrected chi connectivity index (χ1v) is 9.68. The van der Waals surface area contributed by atoms with Crippen molar-refractivity contribution < 1.29 is 9.53 Å². The Hall–Kier alpha value is -1.77. The minimum atomic E-state index is -0.228. The highest BCUT2D eigenvalue weighted by Crippen LogP contribution is 2.30. The van der Waals surface area contributed by atoms with Crippen LogP contribution in [-0.4, -0.2) is 54.7 Å². The Balaban J connectivity index is 0.00000210. The van der Waals surface area contributed by atoms with E-state index in [1.807, 2.05) is 5.38 Å². The number of nitrogens with zero attached hydrogens (tertiary/aromatic N) is 2. The van der Waals surface area contributed by atoms with E-state index in [0.717, 1.165) is 44.0 Å². The second kappa shape index (κ2) is 8.95. The van der Waals surface area contributed by atoms with Gasteiger partial charge in [0, 0.05) is 24.0 Å². The summed E-state index contributed by atoms with van der Waals surface area (Å²) >= 11 is 1.41. The maximum Gasteiger partial charge on any atom is 0.239 e. The lowest BCUT2D eigenvalue weighted by molar-refractivity contribution is -0.114. The lowest BCUT2D eigenvalue weighted by Gasteiger charge is -2.38. The highest BCUT2D eigenvalue weighted by Gasteiger charge is 2.27. The summed E-state index contributed by atoms with van der Waals surface area (Å²) < 4.78 is 5.30. The molecule has 0 aliphatic carbocycles. The molecule has 0 bridgehead atoms. The molecule has 1 saturated heterocycles. The molecular weight excluding hydrogens is 384 g/mol. The van der Waals surface area contributed by atoms with Gasteiger partial charge in [0.1, 0.15) is 0 Å². The topological polar surface area (TPSA) is 80.5 Å². The molecule has 0 saturated carbocycles. The molecule has 6 nitrogen and oxygen atoms in total. The van der Waals surface area contributed by atoms with E-state index in [-0.39, 0.29) is 24.9 Å². The van der Waals surface area contributed by atoms with Crippen molar-refractivity contribution in [3.8, 4) is 11.3 Å². The predicted octanol–water partition coefficient (Wildman–Crippen LogP) is 2.62. The molecular formula is C19H23ClN4O2S. The second-order valence-corrected chi connectivity index (χ2v) is 7.39. The fourth-order valence-electron chi connectivity index (χ4n) is 3.23. The quantitative estimate of drug-likeness (QED) is 0.797. The number of nitrogens with two attached hydrogens (primary N) is 1. The number of hydrogen-bond donors (Lipinski definition) is 2. The highest BCUT2D eigenvalue weighted by molar-refractivity contribution is 7.14. The number of ether oxygens (including phenoxy) is 1. The number of nitrogens with one attached hydrogen (secondary N) is 1. The highest BCUT2D eigenvalue weighted by atomic mass is 35.5. The average Bonchev–Trinajstić information content (AvgIpc) is 3.09. The molecule has 1 amide bonds. The van der Waals surface area contributed by atoms with Crippen LogP contribution >= 0.6 is 23.7 Å². The molecule has 2 aliphatic heterocycles. The molecule has 4 rings (SSSR count). The fourth-order valence-corrected chi connectivity index (χ4v) is 3.96. The van der Waals surface area contributed by atoms with E-state index >= 15 is 0 Å². The molecule has 27 heavy (non-hydrogen) atoms. The van der Waals surface area contributed by atoms with E-state index in [2.05, 4.69) is 45.5 Å². The summed E-state index contributed by atoms with van der Waals surface area (Å²) in [7, 11) is 0.